The van der Waals surface area contributed by atoms with Crippen molar-refractivity contribution >= 4 is 27.3 Å². The Morgan fingerprint density at radius 2 is 1.62 bits per heavy atom. The summed E-state index contributed by atoms with van der Waals surface area (Å²) in [4.78, 5) is 16.6. The van der Waals surface area contributed by atoms with Crippen LogP contribution in [0.5, 0.6) is 11.5 Å². The second-order valence-electron chi connectivity index (χ2n) is 8.62. The smallest absolute Gasteiger partial charge is 0.261 e. The van der Waals surface area contributed by atoms with Crippen molar-refractivity contribution < 1.29 is 27.1 Å². The Balaban J connectivity index is 1.30. The van der Waals surface area contributed by atoms with Gasteiger partial charge in [0.1, 0.15) is 17.3 Å². The highest BCUT2D eigenvalue weighted by Gasteiger charge is 2.22. The molecule has 1 saturated heterocycles. The zero-order valence-corrected chi connectivity index (χ0v) is 21.6. The Labute approximate surface area is 216 Å². The van der Waals surface area contributed by atoms with Crippen LogP contribution in [0.4, 0.5) is 15.8 Å². The van der Waals surface area contributed by atoms with Crippen molar-refractivity contribution in [1.82, 2.24) is 4.90 Å². The maximum absolute atomic E-state index is 13.2. The summed E-state index contributed by atoms with van der Waals surface area (Å²) in [6.45, 7) is 6.35. The summed E-state index contributed by atoms with van der Waals surface area (Å²) < 4.78 is 52.5. The van der Waals surface area contributed by atoms with Gasteiger partial charge in [0, 0.05) is 37.6 Å². The summed E-state index contributed by atoms with van der Waals surface area (Å²) >= 11 is 0. The lowest BCUT2D eigenvalue weighted by molar-refractivity contribution is -0.133. The summed E-state index contributed by atoms with van der Waals surface area (Å²) in [6, 6.07) is 17.5. The molecule has 196 valence electrons. The zero-order chi connectivity index (χ0) is 26.4. The molecule has 4 rings (SSSR count). The number of amides is 1. The Morgan fingerprint density at radius 3 is 2.24 bits per heavy atom. The van der Waals surface area contributed by atoms with Gasteiger partial charge in [-0.05, 0) is 86.1 Å². The molecule has 1 amide bonds. The molecule has 0 spiro atoms. The van der Waals surface area contributed by atoms with Crippen LogP contribution in [-0.2, 0) is 14.8 Å². The lowest BCUT2D eigenvalue weighted by Gasteiger charge is -2.36. The number of nitrogens with zero attached hydrogens (tertiary/aromatic N) is 2. The van der Waals surface area contributed by atoms with Crippen molar-refractivity contribution in [2.75, 3.05) is 49.0 Å². The number of piperazine rings is 1. The first-order valence-electron chi connectivity index (χ1n) is 12.0. The van der Waals surface area contributed by atoms with E-state index in [2.05, 4.69) is 9.62 Å². The third kappa shape index (κ3) is 6.71. The van der Waals surface area contributed by atoms with Gasteiger partial charge in [0.15, 0.2) is 6.61 Å². The molecule has 0 bridgehead atoms. The predicted octanol–water partition coefficient (Wildman–Crippen LogP) is 4.06. The molecule has 37 heavy (non-hydrogen) atoms. The van der Waals surface area contributed by atoms with Crippen LogP contribution in [0.25, 0.3) is 0 Å². The van der Waals surface area contributed by atoms with E-state index in [0.29, 0.717) is 55.5 Å². The number of sulfonamides is 1. The summed E-state index contributed by atoms with van der Waals surface area (Å²) in [7, 11) is -3.80. The van der Waals surface area contributed by atoms with Gasteiger partial charge < -0.3 is 19.3 Å². The van der Waals surface area contributed by atoms with Crippen molar-refractivity contribution in [2.45, 2.75) is 18.7 Å². The van der Waals surface area contributed by atoms with E-state index < -0.39 is 10.0 Å². The number of nitrogens with one attached hydrogen (secondary N) is 1. The monoisotopic (exact) mass is 527 g/mol. The quantitative estimate of drug-likeness (QED) is 0.452. The zero-order valence-electron chi connectivity index (χ0n) is 20.8. The third-order valence-electron chi connectivity index (χ3n) is 6.05. The molecule has 1 fully saturated rings. The van der Waals surface area contributed by atoms with Crippen molar-refractivity contribution in [3.05, 3.63) is 78.1 Å². The molecular weight excluding hydrogens is 497 g/mol. The van der Waals surface area contributed by atoms with Gasteiger partial charge >= 0.3 is 0 Å². The van der Waals surface area contributed by atoms with Crippen molar-refractivity contribution in [3.63, 3.8) is 0 Å². The number of hydrogen-bond acceptors (Lipinski definition) is 6. The molecule has 0 saturated carbocycles. The van der Waals surface area contributed by atoms with Crippen molar-refractivity contribution in [2.24, 2.45) is 0 Å². The van der Waals surface area contributed by atoms with Crippen LogP contribution in [0.1, 0.15) is 12.5 Å². The maximum atomic E-state index is 13.2. The molecule has 8 nitrogen and oxygen atoms in total. The van der Waals surface area contributed by atoms with Crippen molar-refractivity contribution in [1.29, 1.82) is 0 Å². The highest BCUT2D eigenvalue weighted by molar-refractivity contribution is 7.92. The first kappa shape index (κ1) is 26.3. The van der Waals surface area contributed by atoms with Crippen LogP contribution < -0.4 is 19.1 Å². The van der Waals surface area contributed by atoms with E-state index in [4.69, 9.17) is 9.47 Å². The molecule has 10 heteroatoms. The number of rotatable bonds is 9. The first-order valence-corrected chi connectivity index (χ1v) is 13.5. The minimum absolute atomic E-state index is 0.0921. The first-order chi connectivity index (χ1) is 17.7. The summed E-state index contributed by atoms with van der Waals surface area (Å²) in [5.74, 6) is 0.678. The maximum Gasteiger partial charge on any atom is 0.261 e. The predicted molar refractivity (Wildman–Crippen MR) is 140 cm³/mol. The molecular formula is C27H30FN3O5S. The highest BCUT2D eigenvalue weighted by atomic mass is 32.2. The average molecular weight is 528 g/mol. The van der Waals surface area contributed by atoms with E-state index >= 15 is 0 Å². The van der Waals surface area contributed by atoms with Gasteiger partial charge in [-0.25, -0.2) is 12.8 Å². The van der Waals surface area contributed by atoms with Gasteiger partial charge in [-0.1, -0.05) is 0 Å². The number of anilines is 2. The Hall–Kier alpha value is -3.79. The number of carbonyl (C=O) groups excluding carboxylic acids is 1. The molecule has 0 aromatic heterocycles. The fourth-order valence-electron chi connectivity index (χ4n) is 4.05. The van der Waals surface area contributed by atoms with E-state index in [1.807, 2.05) is 6.92 Å². The molecule has 1 aliphatic rings. The Kier molecular flexibility index (Phi) is 8.17. The van der Waals surface area contributed by atoms with E-state index in [1.165, 1.54) is 24.3 Å². The van der Waals surface area contributed by atoms with Crippen molar-refractivity contribution in [3.8, 4) is 11.5 Å². The number of carbonyl (C=O) groups is 1. The van der Waals surface area contributed by atoms with E-state index in [1.54, 1.807) is 54.3 Å². The van der Waals surface area contributed by atoms with Gasteiger partial charge in [-0.15, -0.1) is 0 Å². The minimum Gasteiger partial charge on any atom is -0.494 e. The van der Waals surface area contributed by atoms with Crippen LogP contribution in [0.3, 0.4) is 0 Å². The fourth-order valence-corrected chi connectivity index (χ4v) is 5.19. The molecule has 1 aliphatic heterocycles. The van der Waals surface area contributed by atoms with Gasteiger partial charge in [0.05, 0.1) is 11.5 Å². The largest absolute Gasteiger partial charge is 0.494 e. The average Bonchev–Trinajstić information content (AvgIpc) is 2.89. The van der Waals surface area contributed by atoms with Gasteiger partial charge in [0.2, 0.25) is 0 Å². The SMILES string of the molecule is CCOc1ccc(NS(=O)(=O)c2ccc(OCC(=O)N3CCN(c4ccc(F)cc4)CC3)c(C)c2)cc1. The van der Waals surface area contributed by atoms with Gasteiger partial charge in [-0.3, -0.25) is 9.52 Å². The molecule has 1 heterocycles. The molecule has 3 aromatic rings. The number of halogens is 1. The van der Waals surface area contributed by atoms with Gasteiger partial charge in [0.25, 0.3) is 15.9 Å². The van der Waals surface area contributed by atoms with Crippen LogP contribution in [-0.4, -0.2) is 58.6 Å². The fraction of sp³-hybridized carbons (Fsp3) is 0.296. The lowest BCUT2D eigenvalue weighted by atomic mass is 10.2. The number of benzene rings is 3. The molecule has 3 aromatic carbocycles. The van der Waals surface area contributed by atoms with E-state index in [0.717, 1.165) is 5.69 Å². The third-order valence-corrected chi connectivity index (χ3v) is 7.43. The summed E-state index contributed by atoms with van der Waals surface area (Å²) in [5, 5.41) is 0. The molecule has 0 atom stereocenters. The van der Waals surface area contributed by atoms with Crippen LogP contribution >= 0.6 is 0 Å². The van der Waals surface area contributed by atoms with Gasteiger partial charge in [-0.2, -0.15) is 0 Å². The molecule has 0 aliphatic carbocycles. The number of aryl methyl sites for hydroxylation is 1. The second kappa shape index (κ2) is 11.5. The standard InChI is InChI=1S/C27H30FN3O5S/c1-3-35-24-10-6-22(7-11-24)29-37(33,34)25-12-13-26(20(2)18-25)36-19-27(32)31-16-14-30(15-17-31)23-8-4-21(28)5-9-23/h4-13,18,29H,3,14-17,19H2,1-2H3. The second-order valence-corrected chi connectivity index (χ2v) is 10.3. The summed E-state index contributed by atoms with van der Waals surface area (Å²) in [6.07, 6.45) is 0. The number of hydrogen-bond donors (Lipinski definition) is 1. The van der Waals surface area contributed by atoms with Crippen LogP contribution in [0.15, 0.2) is 71.6 Å². The van der Waals surface area contributed by atoms with Crippen LogP contribution in [0.2, 0.25) is 0 Å². The Morgan fingerprint density at radius 1 is 0.946 bits per heavy atom. The van der Waals surface area contributed by atoms with E-state index in [-0.39, 0.29) is 23.2 Å². The molecule has 0 unspecified atom stereocenters. The normalized spacial score (nSPS) is 13.8. The molecule has 0 radical (unpaired) electrons. The lowest BCUT2D eigenvalue weighted by Crippen LogP contribution is -2.50. The number of ether oxygens (including phenoxy) is 2. The highest BCUT2D eigenvalue weighted by Crippen LogP contribution is 2.25. The summed E-state index contributed by atoms with van der Waals surface area (Å²) in [5.41, 5.74) is 1.95. The molecule has 1 N–H and O–H groups in total. The topological polar surface area (TPSA) is 88.2 Å². The van der Waals surface area contributed by atoms with E-state index in [9.17, 15) is 17.6 Å². The van der Waals surface area contributed by atoms with Crippen LogP contribution in [0, 0.1) is 12.7 Å². The minimum atomic E-state index is -3.80. The Bertz CT molecular complexity index is 1320.